The van der Waals surface area contributed by atoms with Gasteiger partial charge in [-0.05, 0) is 36.3 Å². The van der Waals surface area contributed by atoms with Crippen molar-refractivity contribution in [1.82, 2.24) is 0 Å². The Labute approximate surface area is 238 Å². The molecule has 1 saturated heterocycles. The zero-order chi connectivity index (χ0) is 28.0. The van der Waals surface area contributed by atoms with E-state index >= 15 is 0 Å². The Morgan fingerprint density at radius 1 is 0.553 bits per heavy atom. The molecule has 5 nitrogen and oxygen atoms in total. The van der Waals surface area contributed by atoms with Crippen LogP contribution in [0, 0.1) is 5.92 Å². The maximum absolute atomic E-state index is 12.0. The van der Waals surface area contributed by atoms with Crippen molar-refractivity contribution in [3.05, 3.63) is 0 Å². The molecule has 226 valence electrons. The monoisotopic (exact) mass is 572 g/mol. The van der Waals surface area contributed by atoms with Crippen LogP contribution in [0.5, 0.6) is 0 Å². The van der Waals surface area contributed by atoms with Crippen molar-refractivity contribution in [1.29, 1.82) is 0 Å². The molecule has 2 rings (SSSR count). The zero-order valence-electron chi connectivity index (χ0n) is 26.0. The molecule has 2 N–H and O–H groups in total. The van der Waals surface area contributed by atoms with Gasteiger partial charge in [0.2, 0.25) is 0 Å². The average Bonchev–Trinajstić information content (AvgIpc) is 3.73. The minimum absolute atomic E-state index is 0.0134. The predicted molar refractivity (Wildman–Crippen MR) is 165 cm³/mol. The molecule has 38 heavy (non-hydrogen) atoms. The van der Waals surface area contributed by atoms with E-state index < -0.39 is 22.7 Å². The minimum atomic E-state index is -2.08. The molecule has 1 aliphatic carbocycles. The highest BCUT2D eigenvalue weighted by molar-refractivity contribution is 6.74. The predicted octanol–water partition coefficient (Wildman–Crippen LogP) is 8.20. The second kappa shape index (κ2) is 17.9. The van der Waals surface area contributed by atoms with Gasteiger partial charge in [-0.15, -0.1) is 0 Å². The Morgan fingerprint density at radius 2 is 0.895 bits per heavy atom. The first-order valence-electron chi connectivity index (χ1n) is 16.7. The van der Waals surface area contributed by atoms with E-state index in [2.05, 4.69) is 41.5 Å². The first kappa shape index (κ1) is 34.4. The molecule has 0 unspecified atom stereocenters. The third-order valence-electron chi connectivity index (χ3n) is 9.30. The number of unbranched alkanes of at least 4 members (excludes halogenated alkanes) is 6. The molecule has 2 aliphatic rings. The Balaban J connectivity index is 2.36. The van der Waals surface area contributed by atoms with E-state index in [9.17, 15) is 10.2 Å². The van der Waals surface area contributed by atoms with Crippen molar-refractivity contribution in [3.63, 3.8) is 0 Å². The number of hydrogen-bond donors (Lipinski definition) is 2. The first-order valence-corrected chi connectivity index (χ1v) is 21.8. The van der Waals surface area contributed by atoms with Crippen LogP contribution in [0.4, 0.5) is 0 Å². The molecule has 7 heteroatoms. The van der Waals surface area contributed by atoms with Crippen molar-refractivity contribution in [2.24, 2.45) is 5.92 Å². The largest absolute Gasteiger partial charge is 0.411 e. The van der Waals surface area contributed by atoms with Crippen LogP contribution in [0.1, 0.15) is 119 Å². The van der Waals surface area contributed by atoms with Crippen LogP contribution in [-0.2, 0) is 13.6 Å². The molecule has 0 bridgehead atoms. The maximum Gasteiger partial charge on any atom is 0.193 e. The van der Waals surface area contributed by atoms with E-state index in [4.69, 9.17) is 13.6 Å². The fraction of sp³-hybridized carbons (Fsp3) is 1.00. The van der Waals surface area contributed by atoms with Gasteiger partial charge in [0.15, 0.2) is 16.6 Å². The SMILES string of the molecule is CCCC[Si](CCCC)(CCCC)O[C@@H]1[C@@H](O)[C@H](O[Si](CCCC)(CCCC)CCCC)[C@@H](CO)[C@H]2O[C@@H]12. The Bertz CT molecular complexity index is 578. The third kappa shape index (κ3) is 9.66. The van der Waals surface area contributed by atoms with E-state index in [0.717, 1.165) is 18.1 Å². The summed E-state index contributed by atoms with van der Waals surface area (Å²) in [5.41, 5.74) is 0. The number of aliphatic hydroxyl groups excluding tert-OH is 2. The molecule has 1 saturated carbocycles. The molecule has 1 heterocycles. The lowest BCUT2D eigenvalue weighted by Gasteiger charge is -2.46. The molecule has 0 aromatic heterocycles. The lowest BCUT2D eigenvalue weighted by Crippen LogP contribution is -2.60. The third-order valence-corrected chi connectivity index (χ3v) is 18.4. The van der Waals surface area contributed by atoms with Gasteiger partial charge in [-0.1, -0.05) is 119 Å². The maximum atomic E-state index is 12.0. The minimum Gasteiger partial charge on any atom is -0.411 e. The highest BCUT2D eigenvalue weighted by Gasteiger charge is 2.63. The van der Waals surface area contributed by atoms with Crippen molar-refractivity contribution in [2.75, 3.05) is 6.61 Å². The van der Waals surface area contributed by atoms with Crippen LogP contribution in [-0.4, -0.2) is 64.0 Å². The molecular weight excluding hydrogens is 509 g/mol. The van der Waals surface area contributed by atoms with E-state index in [-0.39, 0.29) is 36.9 Å². The number of epoxide rings is 1. The Kier molecular flexibility index (Phi) is 16.2. The second-order valence-electron chi connectivity index (χ2n) is 12.6. The van der Waals surface area contributed by atoms with Gasteiger partial charge in [0, 0.05) is 5.92 Å². The molecule has 0 aromatic rings. The quantitative estimate of drug-likeness (QED) is 0.0954. The zero-order valence-corrected chi connectivity index (χ0v) is 28.0. The topological polar surface area (TPSA) is 71.5 Å². The molecule has 0 radical (unpaired) electrons. The van der Waals surface area contributed by atoms with Gasteiger partial charge in [0.1, 0.15) is 18.3 Å². The Morgan fingerprint density at radius 3 is 1.21 bits per heavy atom. The van der Waals surface area contributed by atoms with Gasteiger partial charge in [-0.3, -0.25) is 0 Å². The Hall–Kier alpha value is 0.234. The van der Waals surface area contributed by atoms with Crippen molar-refractivity contribution < 1.29 is 23.8 Å². The van der Waals surface area contributed by atoms with Crippen LogP contribution in [0.25, 0.3) is 0 Å². The first-order chi connectivity index (χ1) is 18.4. The van der Waals surface area contributed by atoms with Crippen molar-refractivity contribution >= 4 is 16.6 Å². The van der Waals surface area contributed by atoms with Gasteiger partial charge in [0.05, 0.1) is 18.8 Å². The summed E-state index contributed by atoms with van der Waals surface area (Å²) < 4.78 is 20.7. The van der Waals surface area contributed by atoms with Gasteiger partial charge < -0.3 is 23.8 Å². The number of hydrogen-bond acceptors (Lipinski definition) is 5. The summed E-state index contributed by atoms with van der Waals surface area (Å²) in [4.78, 5) is 0. The van der Waals surface area contributed by atoms with E-state index in [1.807, 2.05) is 0 Å². The summed E-state index contributed by atoms with van der Waals surface area (Å²) in [5, 5.41) is 22.5. The summed E-state index contributed by atoms with van der Waals surface area (Å²) in [5.74, 6) is -0.149. The molecule has 6 atom stereocenters. The molecule has 0 spiro atoms. The summed E-state index contributed by atoms with van der Waals surface area (Å²) in [6.45, 7) is 13.6. The lowest BCUT2D eigenvalue weighted by atomic mass is 9.83. The van der Waals surface area contributed by atoms with Crippen LogP contribution >= 0.6 is 0 Å². The number of rotatable bonds is 23. The summed E-state index contributed by atoms with van der Waals surface area (Å²) >= 11 is 0. The van der Waals surface area contributed by atoms with Crippen LogP contribution in [0.15, 0.2) is 0 Å². The summed E-state index contributed by atoms with van der Waals surface area (Å²) in [7, 11) is -4.11. The van der Waals surface area contributed by atoms with E-state index in [0.29, 0.717) is 0 Å². The number of fused-ring (bicyclic) bond motifs is 1. The van der Waals surface area contributed by atoms with Gasteiger partial charge in [-0.25, -0.2) is 0 Å². The molecule has 2 fully saturated rings. The smallest absolute Gasteiger partial charge is 0.193 e. The average molecular weight is 573 g/mol. The summed E-state index contributed by atoms with van der Waals surface area (Å²) in [6, 6.07) is 7.03. The molecule has 0 amide bonds. The van der Waals surface area contributed by atoms with Gasteiger partial charge >= 0.3 is 0 Å². The van der Waals surface area contributed by atoms with Gasteiger partial charge in [0.25, 0.3) is 0 Å². The highest BCUT2D eigenvalue weighted by Crippen LogP contribution is 2.47. The van der Waals surface area contributed by atoms with Gasteiger partial charge in [-0.2, -0.15) is 0 Å². The van der Waals surface area contributed by atoms with Crippen molar-refractivity contribution in [2.45, 2.75) is 185 Å². The highest BCUT2D eigenvalue weighted by atomic mass is 28.4. The lowest BCUT2D eigenvalue weighted by molar-refractivity contribution is -0.0937. The molecule has 0 aromatic carbocycles. The van der Waals surface area contributed by atoms with Crippen LogP contribution < -0.4 is 0 Å². The number of ether oxygens (including phenoxy) is 1. The second-order valence-corrected chi connectivity index (χ2v) is 20.8. The summed E-state index contributed by atoms with van der Waals surface area (Å²) in [6.07, 6.45) is 12.7. The molecular formula is C31H64O5Si2. The fourth-order valence-electron chi connectivity index (χ4n) is 6.74. The van der Waals surface area contributed by atoms with Crippen LogP contribution in [0.3, 0.4) is 0 Å². The molecule has 1 aliphatic heterocycles. The standard InChI is InChI=1S/C31H64O5Si2/c1-7-13-19-37(20-14-8-2,21-15-9-3)35-28-26(25-32)29-31(34-29)30(27(28)33)36-38(22-16-10-4,23-17-11-5)24-18-12-6/h26-33H,7-25H2,1-6H3/t26-,27+,28-,29-,30-,31-/m1/s1. The fourth-order valence-corrected chi connectivity index (χ4v) is 16.7. The van der Waals surface area contributed by atoms with E-state index in [1.54, 1.807) is 0 Å². The van der Waals surface area contributed by atoms with Crippen molar-refractivity contribution in [3.8, 4) is 0 Å². The van der Waals surface area contributed by atoms with Crippen LogP contribution in [0.2, 0.25) is 36.3 Å². The number of aliphatic hydroxyl groups is 2. The normalized spacial score (nSPS) is 27.5. The van der Waals surface area contributed by atoms with E-state index in [1.165, 1.54) is 95.2 Å².